The standard InChI is InChI=1S/C9H7BrClN/c1-6-2-3-7(4-10)8(5-12)9(6)11/h2-3H,4H2,1H3. The molecule has 0 heterocycles. The fraction of sp³-hybridized carbons (Fsp3) is 0.222. The zero-order chi connectivity index (χ0) is 9.14. The molecule has 0 amide bonds. The summed E-state index contributed by atoms with van der Waals surface area (Å²) in [5, 5.41) is 10.0. The Bertz CT molecular complexity index is 341. The van der Waals surface area contributed by atoms with Crippen molar-refractivity contribution in [1.29, 1.82) is 5.26 Å². The first kappa shape index (κ1) is 9.57. The van der Waals surface area contributed by atoms with E-state index >= 15 is 0 Å². The van der Waals surface area contributed by atoms with Gasteiger partial charge < -0.3 is 0 Å². The van der Waals surface area contributed by atoms with E-state index in [-0.39, 0.29) is 0 Å². The molecule has 62 valence electrons. The molecule has 0 saturated carbocycles. The van der Waals surface area contributed by atoms with E-state index in [9.17, 15) is 0 Å². The lowest BCUT2D eigenvalue weighted by Crippen LogP contribution is -1.89. The van der Waals surface area contributed by atoms with Gasteiger partial charge in [0.15, 0.2) is 0 Å². The first-order chi connectivity index (χ1) is 5.70. The Hall–Kier alpha value is -0.520. The maximum absolute atomic E-state index is 8.80. The molecule has 0 aliphatic carbocycles. The third kappa shape index (κ3) is 1.63. The second-order valence-electron chi connectivity index (χ2n) is 2.48. The van der Waals surface area contributed by atoms with Gasteiger partial charge in [0, 0.05) is 5.33 Å². The highest BCUT2D eigenvalue weighted by Gasteiger charge is 2.07. The van der Waals surface area contributed by atoms with Crippen molar-refractivity contribution in [2.75, 3.05) is 0 Å². The van der Waals surface area contributed by atoms with E-state index in [4.69, 9.17) is 16.9 Å². The number of alkyl halides is 1. The van der Waals surface area contributed by atoms with Crippen LogP contribution in [0.5, 0.6) is 0 Å². The lowest BCUT2D eigenvalue weighted by atomic mass is 10.1. The van der Waals surface area contributed by atoms with E-state index in [2.05, 4.69) is 22.0 Å². The summed E-state index contributed by atoms with van der Waals surface area (Å²) in [7, 11) is 0. The predicted molar refractivity (Wildman–Crippen MR) is 53.5 cm³/mol. The number of hydrogen-bond donors (Lipinski definition) is 0. The topological polar surface area (TPSA) is 23.8 Å². The lowest BCUT2D eigenvalue weighted by molar-refractivity contribution is 1.33. The highest BCUT2D eigenvalue weighted by atomic mass is 79.9. The summed E-state index contributed by atoms with van der Waals surface area (Å²) in [6, 6.07) is 5.92. The van der Waals surface area contributed by atoms with E-state index in [1.165, 1.54) is 0 Å². The maximum Gasteiger partial charge on any atom is 0.101 e. The zero-order valence-corrected chi connectivity index (χ0v) is 8.91. The Morgan fingerprint density at radius 3 is 2.75 bits per heavy atom. The summed E-state index contributed by atoms with van der Waals surface area (Å²) < 4.78 is 0. The summed E-state index contributed by atoms with van der Waals surface area (Å²) in [6.07, 6.45) is 0. The minimum Gasteiger partial charge on any atom is -0.192 e. The van der Waals surface area contributed by atoms with Crippen molar-refractivity contribution >= 4 is 27.5 Å². The summed E-state index contributed by atoms with van der Waals surface area (Å²) in [5.74, 6) is 0. The molecule has 0 atom stereocenters. The number of nitrogens with zero attached hydrogens (tertiary/aromatic N) is 1. The number of aryl methyl sites for hydroxylation is 1. The van der Waals surface area contributed by atoms with Crippen molar-refractivity contribution in [3.8, 4) is 6.07 Å². The van der Waals surface area contributed by atoms with Crippen LogP contribution in [0.1, 0.15) is 16.7 Å². The molecule has 12 heavy (non-hydrogen) atoms. The van der Waals surface area contributed by atoms with Crippen LogP contribution in [-0.2, 0) is 5.33 Å². The van der Waals surface area contributed by atoms with Crippen LogP contribution in [0.4, 0.5) is 0 Å². The highest BCUT2D eigenvalue weighted by Crippen LogP contribution is 2.24. The average Bonchev–Trinajstić information content (AvgIpc) is 2.09. The summed E-state index contributed by atoms with van der Waals surface area (Å²) in [6.45, 7) is 1.89. The lowest BCUT2D eigenvalue weighted by Gasteiger charge is -2.03. The highest BCUT2D eigenvalue weighted by molar-refractivity contribution is 9.08. The number of nitriles is 1. The Morgan fingerprint density at radius 2 is 2.25 bits per heavy atom. The van der Waals surface area contributed by atoms with Gasteiger partial charge in [-0.1, -0.05) is 39.7 Å². The summed E-state index contributed by atoms with van der Waals surface area (Å²) in [4.78, 5) is 0. The van der Waals surface area contributed by atoms with Crippen LogP contribution < -0.4 is 0 Å². The van der Waals surface area contributed by atoms with Gasteiger partial charge in [0.2, 0.25) is 0 Å². The van der Waals surface area contributed by atoms with Gasteiger partial charge in [-0.3, -0.25) is 0 Å². The Labute approximate surface area is 85.1 Å². The van der Waals surface area contributed by atoms with Crippen LogP contribution in [0.3, 0.4) is 0 Å². The molecule has 1 nitrogen and oxygen atoms in total. The van der Waals surface area contributed by atoms with Crippen LogP contribution in [0, 0.1) is 18.3 Å². The molecule has 3 heteroatoms. The van der Waals surface area contributed by atoms with Gasteiger partial charge in [-0.25, -0.2) is 0 Å². The molecule has 0 N–H and O–H groups in total. The molecule has 1 rings (SSSR count). The summed E-state index contributed by atoms with van der Waals surface area (Å²) >= 11 is 9.23. The van der Waals surface area contributed by atoms with Crippen LogP contribution in [0.2, 0.25) is 5.02 Å². The quantitative estimate of drug-likeness (QED) is 0.695. The van der Waals surface area contributed by atoms with E-state index in [0.29, 0.717) is 15.9 Å². The van der Waals surface area contributed by atoms with E-state index in [0.717, 1.165) is 11.1 Å². The van der Waals surface area contributed by atoms with E-state index < -0.39 is 0 Å². The molecule has 0 spiro atoms. The molecule has 0 bridgehead atoms. The monoisotopic (exact) mass is 243 g/mol. The Kier molecular flexibility index (Phi) is 3.13. The van der Waals surface area contributed by atoms with Crippen molar-refractivity contribution in [2.24, 2.45) is 0 Å². The van der Waals surface area contributed by atoms with Crippen LogP contribution >= 0.6 is 27.5 Å². The van der Waals surface area contributed by atoms with E-state index in [1.54, 1.807) is 0 Å². The minimum absolute atomic E-state index is 0.564. The molecule has 0 unspecified atom stereocenters. The average molecular weight is 245 g/mol. The number of rotatable bonds is 1. The zero-order valence-electron chi connectivity index (χ0n) is 6.56. The van der Waals surface area contributed by atoms with Crippen molar-refractivity contribution < 1.29 is 0 Å². The molecule has 0 radical (unpaired) electrons. The Morgan fingerprint density at radius 1 is 1.58 bits per heavy atom. The number of benzene rings is 1. The fourth-order valence-corrected chi connectivity index (χ4v) is 1.65. The molecule has 1 aromatic rings. The van der Waals surface area contributed by atoms with Gasteiger partial charge >= 0.3 is 0 Å². The molecular weight excluding hydrogens is 237 g/mol. The third-order valence-corrected chi connectivity index (χ3v) is 2.77. The molecule has 0 aromatic heterocycles. The fourth-order valence-electron chi connectivity index (χ4n) is 0.952. The van der Waals surface area contributed by atoms with Gasteiger partial charge in [-0.2, -0.15) is 5.26 Å². The molecular formula is C9H7BrClN. The summed E-state index contributed by atoms with van der Waals surface area (Å²) in [5.41, 5.74) is 2.46. The molecule has 0 saturated heterocycles. The van der Waals surface area contributed by atoms with Crippen molar-refractivity contribution in [2.45, 2.75) is 12.3 Å². The van der Waals surface area contributed by atoms with Crippen molar-refractivity contribution in [3.63, 3.8) is 0 Å². The van der Waals surface area contributed by atoms with Crippen LogP contribution in [-0.4, -0.2) is 0 Å². The number of hydrogen-bond acceptors (Lipinski definition) is 1. The second-order valence-corrected chi connectivity index (χ2v) is 3.41. The predicted octanol–water partition coefficient (Wildman–Crippen LogP) is 3.42. The van der Waals surface area contributed by atoms with Gasteiger partial charge in [-0.05, 0) is 18.1 Å². The molecule has 1 aromatic carbocycles. The van der Waals surface area contributed by atoms with Crippen LogP contribution in [0.15, 0.2) is 12.1 Å². The molecule has 0 aliphatic heterocycles. The maximum atomic E-state index is 8.80. The minimum atomic E-state index is 0.564. The van der Waals surface area contributed by atoms with Crippen LogP contribution in [0.25, 0.3) is 0 Å². The molecule has 0 aliphatic rings. The Balaban J connectivity index is 3.38. The van der Waals surface area contributed by atoms with Crippen molar-refractivity contribution in [3.05, 3.63) is 33.8 Å². The number of halogens is 2. The normalized spacial score (nSPS) is 9.50. The first-order valence-electron chi connectivity index (χ1n) is 3.44. The smallest absolute Gasteiger partial charge is 0.101 e. The SMILES string of the molecule is Cc1ccc(CBr)c(C#N)c1Cl. The van der Waals surface area contributed by atoms with E-state index in [1.807, 2.05) is 19.1 Å². The van der Waals surface area contributed by atoms with Gasteiger partial charge in [-0.15, -0.1) is 0 Å². The first-order valence-corrected chi connectivity index (χ1v) is 4.94. The van der Waals surface area contributed by atoms with Gasteiger partial charge in [0.1, 0.15) is 6.07 Å². The van der Waals surface area contributed by atoms with Crippen molar-refractivity contribution in [1.82, 2.24) is 0 Å². The second kappa shape index (κ2) is 3.93. The molecule has 0 fully saturated rings. The third-order valence-electron chi connectivity index (χ3n) is 1.68. The largest absolute Gasteiger partial charge is 0.192 e. The van der Waals surface area contributed by atoms with Gasteiger partial charge in [0.05, 0.1) is 10.6 Å². The van der Waals surface area contributed by atoms with Gasteiger partial charge in [0.25, 0.3) is 0 Å².